The Morgan fingerprint density at radius 2 is 1.62 bits per heavy atom. The zero-order valence-corrected chi connectivity index (χ0v) is 16.7. The van der Waals surface area contributed by atoms with Crippen molar-refractivity contribution in [2.45, 2.75) is 51.9 Å². The Hall–Kier alpha value is -1.62. The van der Waals surface area contributed by atoms with Gasteiger partial charge in [-0.2, -0.15) is 0 Å². The van der Waals surface area contributed by atoms with Crippen molar-refractivity contribution < 1.29 is 4.79 Å². The van der Waals surface area contributed by atoms with Gasteiger partial charge in [-0.1, -0.05) is 31.9 Å². The second-order valence-electron chi connectivity index (χ2n) is 7.48. The van der Waals surface area contributed by atoms with Crippen molar-refractivity contribution in [1.82, 2.24) is 9.80 Å². The van der Waals surface area contributed by atoms with Crippen LogP contribution in [-0.2, 0) is 11.2 Å². The van der Waals surface area contributed by atoms with Crippen molar-refractivity contribution in [2.75, 3.05) is 31.5 Å². The van der Waals surface area contributed by atoms with E-state index in [1.165, 1.54) is 18.4 Å². The maximum atomic E-state index is 12.8. The SMILES string of the molecule is CCc1ccc(NC(=S)N2CCC(C(=O)N3CCCCCC3)CC2)cc1. The van der Waals surface area contributed by atoms with Crippen LogP contribution in [0, 0.1) is 5.92 Å². The van der Waals surface area contributed by atoms with Crippen LogP contribution in [0.5, 0.6) is 0 Å². The average Bonchev–Trinajstić information content (AvgIpc) is 2.97. The summed E-state index contributed by atoms with van der Waals surface area (Å²) in [4.78, 5) is 17.1. The number of carbonyl (C=O) groups is 1. The highest BCUT2D eigenvalue weighted by atomic mass is 32.1. The van der Waals surface area contributed by atoms with Gasteiger partial charge < -0.3 is 15.1 Å². The first kappa shape index (κ1) is 19.2. The first-order valence-electron chi connectivity index (χ1n) is 10.1. The van der Waals surface area contributed by atoms with Crippen LogP contribution >= 0.6 is 12.2 Å². The van der Waals surface area contributed by atoms with Crippen molar-refractivity contribution in [2.24, 2.45) is 5.92 Å². The molecule has 4 nitrogen and oxygen atoms in total. The smallest absolute Gasteiger partial charge is 0.225 e. The molecule has 0 spiro atoms. The molecule has 0 saturated carbocycles. The van der Waals surface area contributed by atoms with Crippen LogP contribution in [0.4, 0.5) is 5.69 Å². The highest BCUT2D eigenvalue weighted by Gasteiger charge is 2.29. The molecule has 1 amide bonds. The number of thiocarbonyl (C=S) groups is 1. The Morgan fingerprint density at radius 1 is 1.00 bits per heavy atom. The molecule has 0 radical (unpaired) electrons. The van der Waals surface area contributed by atoms with Crippen molar-refractivity contribution in [3.63, 3.8) is 0 Å². The number of amides is 1. The zero-order chi connectivity index (χ0) is 18.4. The molecule has 2 heterocycles. The minimum absolute atomic E-state index is 0.177. The van der Waals surface area contributed by atoms with Gasteiger partial charge in [-0.15, -0.1) is 0 Å². The third-order valence-electron chi connectivity index (χ3n) is 5.66. The molecule has 0 unspecified atom stereocenters. The van der Waals surface area contributed by atoms with Crippen molar-refractivity contribution in [3.05, 3.63) is 29.8 Å². The molecule has 142 valence electrons. The number of nitrogens with zero attached hydrogens (tertiary/aromatic N) is 2. The molecule has 3 rings (SSSR count). The predicted octanol–water partition coefficient (Wildman–Crippen LogP) is 4.06. The largest absolute Gasteiger partial charge is 0.349 e. The number of hydrogen-bond donors (Lipinski definition) is 1. The second-order valence-corrected chi connectivity index (χ2v) is 7.87. The summed E-state index contributed by atoms with van der Waals surface area (Å²) in [5, 5.41) is 4.11. The number of nitrogens with one attached hydrogen (secondary N) is 1. The number of hydrogen-bond acceptors (Lipinski definition) is 2. The molecule has 2 fully saturated rings. The van der Waals surface area contributed by atoms with E-state index < -0.39 is 0 Å². The lowest BCUT2D eigenvalue weighted by Gasteiger charge is -2.35. The Balaban J connectivity index is 1.47. The molecule has 1 aromatic carbocycles. The molecule has 1 N–H and O–H groups in total. The summed E-state index contributed by atoms with van der Waals surface area (Å²) in [7, 11) is 0. The lowest BCUT2D eigenvalue weighted by atomic mass is 9.95. The minimum Gasteiger partial charge on any atom is -0.349 e. The van der Waals surface area contributed by atoms with Crippen LogP contribution in [0.3, 0.4) is 0 Å². The lowest BCUT2D eigenvalue weighted by molar-refractivity contribution is -0.136. The number of carbonyl (C=O) groups excluding carboxylic acids is 1. The molecule has 2 aliphatic rings. The number of likely N-dealkylation sites (tertiary alicyclic amines) is 2. The van der Waals surface area contributed by atoms with Crippen molar-refractivity contribution >= 4 is 28.9 Å². The number of piperidine rings is 1. The Bertz CT molecular complexity index is 600. The van der Waals surface area contributed by atoms with Gasteiger partial charge in [-0.25, -0.2) is 0 Å². The van der Waals surface area contributed by atoms with Crippen molar-refractivity contribution in [1.29, 1.82) is 0 Å². The van der Waals surface area contributed by atoms with Gasteiger partial charge in [0.05, 0.1) is 0 Å². The molecule has 1 aromatic rings. The molecule has 0 bridgehead atoms. The summed E-state index contributed by atoms with van der Waals surface area (Å²) in [6.07, 6.45) is 7.72. The highest BCUT2D eigenvalue weighted by Crippen LogP contribution is 2.22. The van der Waals surface area contributed by atoms with Gasteiger partial charge >= 0.3 is 0 Å². The number of rotatable bonds is 3. The van der Waals surface area contributed by atoms with Crippen LogP contribution in [0.2, 0.25) is 0 Å². The molecule has 2 aliphatic heterocycles. The molecule has 26 heavy (non-hydrogen) atoms. The second kappa shape index (κ2) is 9.36. The first-order chi connectivity index (χ1) is 12.7. The van der Waals surface area contributed by atoms with Gasteiger partial charge in [0, 0.05) is 37.8 Å². The Kier molecular flexibility index (Phi) is 6.89. The lowest BCUT2D eigenvalue weighted by Crippen LogP contribution is -2.45. The number of aryl methyl sites for hydroxylation is 1. The van der Waals surface area contributed by atoms with E-state index in [1.54, 1.807) is 0 Å². The standard InChI is InChI=1S/C21H31N3OS/c1-2-17-7-9-19(10-8-17)22-21(26)24-15-11-18(12-16-24)20(25)23-13-5-3-4-6-14-23/h7-10,18H,2-6,11-16H2,1H3,(H,22,26). The van der Waals surface area contributed by atoms with Gasteiger partial charge in [0.25, 0.3) is 0 Å². The number of benzene rings is 1. The third-order valence-corrected chi connectivity index (χ3v) is 6.02. The van der Waals surface area contributed by atoms with Gasteiger partial charge in [0.15, 0.2) is 5.11 Å². The normalized spacial score (nSPS) is 19.1. The molecule has 0 atom stereocenters. The third kappa shape index (κ3) is 4.97. The molecule has 2 saturated heterocycles. The Morgan fingerprint density at radius 3 is 2.19 bits per heavy atom. The van der Waals surface area contributed by atoms with Gasteiger partial charge in [-0.05, 0) is 62.0 Å². The molecule has 0 aromatic heterocycles. The van der Waals surface area contributed by atoms with E-state index in [0.717, 1.165) is 69.1 Å². The summed E-state index contributed by atoms with van der Waals surface area (Å²) in [6.45, 7) is 5.79. The fourth-order valence-electron chi connectivity index (χ4n) is 3.91. The fourth-order valence-corrected chi connectivity index (χ4v) is 4.21. The average molecular weight is 374 g/mol. The van der Waals surface area contributed by atoms with E-state index in [2.05, 4.69) is 46.3 Å². The van der Waals surface area contributed by atoms with Gasteiger partial charge in [-0.3, -0.25) is 4.79 Å². The van der Waals surface area contributed by atoms with E-state index in [0.29, 0.717) is 5.91 Å². The van der Waals surface area contributed by atoms with Gasteiger partial charge in [0.1, 0.15) is 0 Å². The summed E-state index contributed by atoms with van der Waals surface area (Å²) >= 11 is 5.58. The fraction of sp³-hybridized carbons (Fsp3) is 0.619. The molecular weight excluding hydrogens is 342 g/mol. The summed E-state index contributed by atoms with van der Waals surface area (Å²) in [5.41, 5.74) is 2.37. The van der Waals surface area contributed by atoms with E-state index in [4.69, 9.17) is 12.2 Å². The van der Waals surface area contributed by atoms with Crippen molar-refractivity contribution in [3.8, 4) is 0 Å². The van der Waals surface area contributed by atoms with E-state index in [9.17, 15) is 4.79 Å². The first-order valence-corrected chi connectivity index (χ1v) is 10.5. The van der Waals surface area contributed by atoms with E-state index in [1.807, 2.05) is 0 Å². The quantitative estimate of drug-likeness (QED) is 0.811. The van der Waals surface area contributed by atoms with Crippen LogP contribution in [0.25, 0.3) is 0 Å². The summed E-state index contributed by atoms with van der Waals surface area (Å²) < 4.78 is 0. The topological polar surface area (TPSA) is 35.6 Å². The number of anilines is 1. The molecule has 5 heteroatoms. The Labute approximate surface area is 162 Å². The molecular formula is C21H31N3OS. The van der Waals surface area contributed by atoms with Gasteiger partial charge in [0.2, 0.25) is 5.91 Å². The summed E-state index contributed by atoms with van der Waals surface area (Å²) in [6, 6.07) is 8.44. The predicted molar refractivity (Wildman–Crippen MR) is 111 cm³/mol. The molecule has 0 aliphatic carbocycles. The summed E-state index contributed by atoms with van der Waals surface area (Å²) in [5.74, 6) is 0.552. The van der Waals surface area contributed by atoms with E-state index >= 15 is 0 Å². The van der Waals surface area contributed by atoms with Crippen LogP contribution in [0.1, 0.15) is 51.0 Å². The van der Waals surface area contributed by atoms with Crippen LogP contribution in [0.15, 0.2) is 24.3 Å². The van der Waals surface area contributed by atoms with Crippen LogP contribution in [-0.4, -0.2) is 47.0 Å². The van der Waals surface area contributed by atoms with Crippen LogP contribution < -0.4 is 5.32 Å². The zero-order valence-electron chi connectivity index (χ0n) is 15.9. The minimum atomic E-state index is 0.177. The monoisotopic (exact) mass is 373 g/mol. The van der Waals surface area contributed by atoms with E-state index in [-0.39, 0.29) is 5.92 Å². The maximum Gasteiger partial charge on any atom is 0.225 e. The highest BCUT2D eigenvalue weighted by molar-refractivity contribution is 7.80. The maximum absolute atomic E-state index is 12.8.